The number of aromatic amines is 1. The maximum Gasteiger partial charge on any atom is 0.255 e. The predicted molar refractivity (Wildman–Crippen MR) is 88.4 cm³/mol. The van der Waals surface area contributed by atoms with Gasteiger partial charge in [-0.2, -0.15) is 5.10 Å². The fourth-order valence-electron chi connectivity index (χ4n) is 3.16. The van der Waals surface area contributed by atoms with Crippen LogP contribution < -0.4 is 0 Å². The number of rotatable bonds is 2. The largest absolute Gasteiger partial charge is 0.332 e. The van der Waals surface area contributed by atoms with Crippen molar-refractivity contribution in [1.29, 1.82) is 0 Å². The minimum Gasteiger partial charge on any atom is -0.332 e. The van der Waals surface area contributed by atoms with Crippen molar-refractivity contribution in [1.82, 2.24) is 20.1 Å². The highest BCUT2D eigenvalue weighted by Crippen LogP contribution is 2.33. The molecule has 2 aromatic heterocycles. The molecule has 0 bridgehead atoms. The zero-order chi connectivity index (χ0) is 15.8. The van der Waals surface area contributed by atoms with E-state index in [1.165, 1.54) is 0 Å². The number of amides is 1. The number of hydrogen-bond acceptors (Lipinski definition) is 3. The Morgan fingerprint density at radius 3 is 2.91 bits per heavy atom. The summed E-state index contributed by atoms with van der Waals surface area (Å²) < 4.78 is 0. The van der Waals surface area contributed by atoms with Crippen molar-refractivity contribution >= 4 is 28.5 Å². The molecule has 0 spiro atoms. The number of aromatic nitrogens is 3. The number of hydrogen-bond donors (Lipinski definition) is 1. The Balaban J connectivity index is 1.64. The quantitative estimate of drug-likeness (QED) is 0.782. The van der Waals surface area contributed by atoms with Crippen LogP contribution in [0, 0.1) is 0 Å². The Bertz CT molecular complexity index is 858. The van der Waals surface area contributed by atoms with Gasteiger partial charge < -0.3 is 4.90 Å². The molecule has 6 heteroatoms. The van der Waals surface area contributed by atoms with Crippen molar-refractivity contribution in [2.24, 2.45) is 0 Å². The van der Waals surface area contributed by atoms with Gasteiger partial charge in [-0.1, -0.05) is 23.7 Å². The van der Waals surface area contributed by atoms with Gasteiger partial charge in [0.2, 0.25) is 0 Å². The summed E-state index contributed by atoms with van der Waals surface area (Å²) in [5.74, 6) is 0.0121. The lowest BCUT2D eigenvalue weighted by atomic mass is 10.0. The molecular weight excluding hydrogens is 312 g/mol. The first-order valence-corrected chi connectivity index (χ1v) is 7.96. The van der Waals surface area contributed by atoms with Gasteiger partial charge in [0, 0.05) is 23.2 Å². The van der Waals surface area contributed by atoms with Crippen LogP contribution in [0.1, 0.15) is 34.8 Å². The van der Waals surface area contributed by atoms with Crippen LogP contribution in [0.15, 0.2) is 42.7 Å². The van der Waals surface area contributed by atoms with E-state index in [-0.39, 0.29) is 11.9 Å². The average Bonchev–Trinajstić information content (AvgIpc) is 3.23. The molecule has 1 N–H and O–H groups in total. The van der Waals surface area contributed by atoms with Crippen molar-refractivity contribution in [2.45, 2.75) is 18.9 Å². The van der Waals surface area contributed by atoms with Crippen LogP contribution in [0.4, 0.5) is 0 Å². The molecule has 4 rings (SSSR count). The molecule has 5 nitrogen and oxygen atoms in total. The summed E-state index contributed by atoms with van der Waals surface area (Å²) >= 11 is 5.96. The van der Waals surface area contributed by atoms with Gasteiger partial charge in [0.1, 0.15) is 0 Å². The molecule has 1 fully saturated rings. The van der Waals surface area contributed by atoms with E-state index in [9.17, 15) is 4.79 Å². The monoisotopic (exact) mass is 326 g/mol. The van der Waals surface area contributed by atoms with Crippen molar-refractivity contribution in [3.8, 4) is 0 Å². The maximum absolute atomic E-state index is 12.9. The second-order valence-electron chi connectivity index (χ2n) is 5.74. The van der Waals surface area contributed by atoms with Crippen LogP contribution in [-0.4, -0.2) is 32.5 Å². The fraction of sp³-hybridized carbons (Fsp3) is 0.235. The molecule has 116 valence electrons. The van der Waals surface area contributed by atoms with Crippen LogP contribution >= 0.6 is 11.6 Å². The molecule has 0 saturated carbocycles. The Morgan fingerprint density at radius 1 is 1.26 bits per heavy atom. The van der Waals surface area contributed by atoms with Gasteiger partial charge in [-0.05, 0) is 36.6 Å². The molecule has 3 heterocycles. The lowest BCUT2D eigenvalue weighted by molar-refractivity contribution is 0.0735. The van der Waals surface area contributed by atoms with Gasteiger partial charge in [0.15, 0.2) is 5.65 Å². The summed E-state index contributed by atoms with van der Waals surface area (Å²) in [5, 5.41) is 8.29. The normalized spacial score (nSPS) is 17.8. The van der Waals surface area contributed by atoms with Gasteiger partial charge in [0.25, 0.3) is 5.91 Å². The molecule has 3 aromatic rings. The van der Waals surface area contributed by atoms with Crippen LogP contribution in [0.3, 0.4) is 0 Å². The first-order chi connectivity index (χ1) is 11.2. The minimum absolute atomic E-state index is 0.0121. The van der Waals surface area contributed by atoms with E-state index in [0.717, 1.165) is 30.3 Å². The third-order valence-electron chi connectivity index (χ3n) is 4.31. The minimum atomic E-state index is 0.0121. The molecule has 1 amide bonds. The van der Waals surface area contributed by atoms with Gasteiger partial charge in [0.05, 0.1) is 17.8 Å². The van der Waals surface area contributed by atoms with Crippen molar-refractivity contribution < 1.29 is 4.79 Å². The predicted octanol–water partition coefficient (Wildman–Crippen LogP) is 3.59. The number of fused-ring (bicyclic) bond motifs is 1. The fourth-order valence-corrected chi connectivity index (χ4v) is 3.29. The number of carbonyl (C=O) groups excluding carboxylic acids is 1. The molecule has 0 radical (unpaired) electrons. The van der Waals surface area contributed by atoms with E-state index in [1.807, 2.05) is 35.2 Å². The summed E-state index contributed by atoms with van der Waals surface area (Å²) in [6.45, 7) is 0.759. The van der Waals surface area contributed by atoms with Crippen LogP contribution in [-0.2, 0) is 0 Å². The Hall–Kier alpha value is -2.40. The smallest absolute Gasteiger partial charge is 0.255 e. The van der Waals surface area contributed by atoms with Gasteiger partial charge in [-0.25, -0.2) is 4.98 Å². The summed E-state index contributed by atoms with van der Waals surface area (Å²) in [7, 11) is 0. The van der Waals surface area contributed by atoms with Gasteiger partial charge in [-0.15, -0.1) is 0 Å². The first kappa shape index (κ1) is 14.2. The lowest BCUT2D eigenvalue weighted by Crippen LogP contribution is -2.30. The first-order valence-electron chi connectivity index (χ1n) is 7.58. The van der Waals surface area contributed by atoms with Crippen molar-refractivity contribution in [2.75, 3.05) is 6.54 Å². The molecule has 1 aliphatic rings. The summed E-state index contributed by atoms with van der Waals surface area (Å²) in [6, 6.07) is 9.67. The third kappa shape index (κ3) is 2.57. The molecular formula is C17H15ClN4O. The van der Waals surface area contributed by atoms with Crippen LogP contribution in [0.2, 0.25) is 5.02 Å². The number of benzene rings is 1. The molecule has 1 saturated heterocycles. The number of halogens is 1. The Labute approximate surface area is 138 Å². The average molecular weight is 327 g/mol. The highest BCUT2D eigenvalue weighted by molar-refractivity contribution is 6.30. The van der Waals surface area contributed by atoms with Crippen LogP contribution in [0.25, 0.3) is 11.0 Å². The van der Waals surface area contributed by atoms with Crippen molar-refractivity contribution in [3.05, 3.63) is 58.9 Å². The highest BCUT2D eigenvalue weighted by Gasteiger charge is 2.30. The maximum atomic E-state index is 12.9. The van der Waals surface area contributed by atoms with E-state index < -0.39 is 0 Å². The van der Waals surface area contributed by atoms with E-state index in [0.29, 0.717) is 16.2 Å². The van der Waals surface area contributed by atoms with E-state index in [2.05, 4.69) is 15.2 Å². The second-order valence-corrected chi connectivity index (χ2v) is 6.18. The molecule has 23 heavy (non-hydrogen) atoms. The number of pyridine rings is 1. The highest BCUT2D eigenvalue weighted by atomic mass is 35.5. The van der Waals surface area contributed by atoms with E-state index in [1.54, 1.807) is 12.4 Å². The lowest BCUT2D eigenvalue weighted by Gasteiger charge is -2.25. The summed E-state index contributed by atoms with van der Waals surface area (Å²) in [4.78, 5) is 19.1. The van der Waals surface area contributed by atoms with E-state index in [4.69, 9.17) is 11.6 Å². The second kappa shape index (κ2) is 5.66. The number of nitrogens with one attached hydrogen (secondary N) is 1. The molecule has 0 aliphatic carbocycles. The zero-order valence-corrected chi connectivity index (χ0v) is 13.1. The number of carbonyl (C=O) groups is 1. The van der Waals surface area contributed by atoms with Crippen LogP contribution in [0.5, 0.6) is 0 Å². The zero-order valence-electron chi connectivity index (χ0n) is 12.4. The topological polar surface area (TPSA) is 61.9 Å². The number of likely N-dealkylation sites (tertiary alicyclic amines) is 1. The Morgan fingerprint density at radius 2 is 2.09 bits per heavy atom. The summed E-state index contributed by atoms with van der Waals surface area (Å²) in [5.41, 5.74) is 2.41. The van der Waals surface area contributed by atoms with Gasteiger partial charge in [-0.3, -0.25) is 9.89 Å². The molecule has 1 aliphatic heterocycles. The van der Waals surface area contributed by atoms with E-state index >= 15 is 0 Å². The third-order valence-corrected chi connectivity index (χ3v) is 4.56. The Kier molecular flexibility index (Phi) is 3.50. The van der Waals surface area contributed by atoms with Gasteiger partial charge >= 0.3 is 0 Å². The number of H-pyrrole nitrogens is 1. The molecule has 1 unspecified atom stereocenters. The SMILES string of the molecule is O=C(c1cnc2[nH]ncc2c1)N1CCCC1c1ccc(Cl)cc1. The van der Waals surface area contributed by atoms with Crippen molar-refractivity contribution in [3.63, 3.8) is 0 Å². The molecule has 1 aromatic carbocycles. The molecule has 1 atom stereocenters. The summed E-state index contributed by atoms with van der Waals surface area (Å²) in [6.07, 6.45) is 5.26. The standard InChI is InChI=1S/C17H15ClN4O/c18-14-5-3-11(4-6-14)15-2-1-7-22(15)17(23)13-8-12-10-20-21-16(12)19-9-13/h3-6,8-10,15H,1-2,7H2,(H,19,20,21). The number of nitrogens with zero attached hydrogens (tertiary/aromatic N) is 3.